The fourth-order valence-electron chi connectivity index (χ4n) is 4.23. The SMILES string of the molecule is C=c1c(-c2cc3c(-c4cc(F)cc(CNS(=C)(=C)C)c4)nccc3[nH]2)n[nH]/c1=C/C=C(\C)c1cnn(C)c1. The first-order chi connectivity index (χ1) is 18.1. The van der Waals surface area contributed by atoms with Crippen LogP contribution in [0.2, 0.25) is 0 Å². The molecule has 194 valence electrons. The zero-order valence-corrected chi connectivity index (χ0v) is 22.5. The van der Waals surface area contributed by atoms with Crippen molar-refractivity contribution in [3.63, 3.8) is 0 Å². The highest BCUT2D eigenvalue weighted by Gasteiger charge is 2.14. The molecule has 7 nitrogen and oxygen atoms in total. The molecule has 1 aromatic carbocycles. The third-order valence-corrected chi connectivity index (χ3v) is 7.06. The molecule has 0 aliphatic carbocycles. The van der Waals surface area contributed by atoms with Crippen LogP contribution in [0.3, 0.4) is 0 Å². The predicted octanol–water partition coefficient (Wildman–Crippen LogP) is 4.09. The van der Waals surface area contributed by atoms with E-state index in [2.05, 4.69) is 48.3 Å². The third-order valence-electron chi connectivity index (χ3n) is 6.22. The Kier molecular flexibility index (Phi) is 6.64. The lowest BCUT2D eigenvalue weighted by Crippen LogP contribution is -2.21. The van der Waals surface area contributed by atoms with Crippen LogP contribution in [0, 0.1) is 5.82 Å². The van der Waals surface area contributed by atoms with Gasteiger partial charge in [-0.15, -0.1) is 0 Å². The standard InChI is InChI=1S/C29H30FN7S/c1-18(22-16-32-37(3)17-22)7-8-25-19(2)28(36-35-25)27-14-24-26(34-27)9-10-31-29(24)21-11-20(12-23(30)13-21)15-33-38(4,5)6/h7-14,16-17,33-35H,2,4-5,15H2,1,3,6H3/b18-7+,25-8+. The lowest BCUT2D eigenvalue weighted by atomic mass is 10.0. The zero-order chi connectivity index (χ0) is 27.0. The van der Waals surface area contributed by atoms with Crippen molar-refractivity contribution >= 4 is 50.3 Å². The summed E-state index contributed by atoms with van der Waals surface area (Å²) in [6.45, 7) is 6.76. The van der Waals surface area contributed by atoms with Gasteiger partial charge in [0, 0.05) is 53.2 Å². The molecule has 0 saturated carbocycles. The van der Waals surface area contributed by atoms with E-state index in [9.17, 15) is 4.39 Å². The maximum Gasteiger partial charge on any atom is 0.124 e. The molecule has 0 unspecified atom stereocenters. The average Bonchev–Trinajstić information content (AvgIpc) is 3.58. The fraction of sp³-hybridized carbons (Fsp3) is 0.138. The summed E-state index contributed by atoms with van der Waals surface area (Å²) in [5, 5.41) is 14.3. The maximum absolute atomic E-state index is 14.6. The highest BCUT2D eigenvalue weighted by atomic mass is 32.2. The van der Waals surface area contributed by atoms with E-state index in [1.54, 1.807) is 10.9 Å². The molecular formula is C29H30FN7S. The number of hydrogen-bond acceptors (Lipinski definition) is 4. The van der Waals surface area contributed by atoms with E-state index in [1.807, 2.05) is 63.0 Å². The Morgan fingerprint density at radius 1 is 1.21 bits per heavy atom. The molecule has 5 aromatic rings. The van der Waals surface area contributed by atoms with Crippen LogP contribution in [0.1, 0.15) is 18.1 Å². The van der Waals surface area contributed by atoms with Gasteiger partial charge in [0.25, 0.3) is 0 Å². The van der Waals surface area contributed by atoms with Crippen molar-refractivity contribution in [1.82, 2.24) is 34.7 Å². The van der Waals surface area contributed by atoms with Gasteiger partial charge in [0.2, 0.25) is 0 Å². The number of allylic oxidation sites excluding steroid dienone is 2. The smallest absolute Gasteiger partial charge is 0.124 e. The summed E-state index contributed by atoms with van der Waals surface area (Å²) in [5.74, 6) is 7.75. The van der Waals surface area contributed by atoms with Crippen LogP contribution in [0.4, 0.5) is 4.39 Å². The van der Waals surface area contributed by atoms with Crippen molar-refractivity contribution in [2.75, 3.05) is 6.26 Å². The second kappa shape index (κ2) is 9.92. The van der Waals surface area contributed by atoms with Gasteiger partial charge in [-0.2, -0.15) is 19.6 Å². The number of aryl methyl sites for hydroxylation is 1. The molecule has 0 spiro atoms. The molecular weight excluding hydrogens is 497 g/mol. The van der Waals surface area contributed by atoms with Crippen molar-refractivity contribution in [1.29, 1.82) is 0 Å². The number of benzene rings is 1. The largest absolute Gasteiger partial charge is 0.353 e. The fourth-order valence-corrected chi connectivity index (χ4v) is 4.74. The lowest BCUT2D eigenvalue weighted by Gasteiger charge is -2.12. The second-order valence-corrected chi connectivity index (χ2v) is 12.5. The van der Waals surface area contributed by atoms with Crippen molar-refractivity contribution in [2.45, 2.75) is 13.5 Å². The first-order valence-corrected chi connectivity index (χ1v) is 14.3. The highest BCUT2D eigenvalue weighted by molar-refractivity contribution is 8.25. The van der Waals surface area contributed by atoms with Crippen LogP contribution in [0.25, 0.3) is 51.8 Å². The van der Waals surface area contributed by atoms with E-state index in [-0.39, 0.29) is 5.82 Å². The number of rotatable bonds is 7. The number of pyridine rings is 1. The maximum atomic E-state index is 14.6. The van der Waals surface area contributed by atoms with E-state index in [0.717, 1.165) is 43.9 Å². The van der Waals surface area contributed by atoms with Crippen molar-refractivity contribution in [3.05, 3.63) is 82.5 Å². The number of nitrogens with one attached hydrogen (secondary N) is 3. The summed E-state index contributed by atoms with van der Waals surface area (Å²) in [5.41, 5.74) is 6.71. The Balaban J connectivity index is 1.51. The number of aromatic nitrogens is 6. The van der Waals surface area contributed by atoms with Crippen LogP contribution in [0.5, 0.6) is 0 Å². The zero-order valence-electron chi connectivity index (χ0n) is 21.7. The first kappa shape index (κ1) is 25.4. The summed E-state index contributed by atoms with van der Waals surface area (Å²) >= 11 is 0. The topological polar surface area (TPSA) is 87.2 Å². The van der Waals surface area contributed by atoms with Gasteiger partial charge in [0.05, 0.1) is 22.9 Å². The van der Waals surface area contributed by atoms with Gasteiger partial charge in [0.15, 0.2) is 0 Å². The van der Waals surface area contributed by atoms with E-state index in [1.165, 1.54) is 12.1 Å². The molecule has 0 saturated heterocycles. The van der Waals surface area contributed by atoms with Gasteiger partial charge in [-0.25, -0.2) is 4.39 Å². The molecule has 38 heavy (non-hydrogen) atoms. The molecule has 0 aliphatic heterocycles. The normalized spacial score (nSPS) is 13.1. The van der Waals surface area contributed by atoms with E-state index in [0.29, 0.717) is 23.5 Å². The molecule has 0 radical (unpaired) electrons. The van der Waals surface area contributed by atoms with Crippen LogP contribution in [-0.2, 0) is 13.6 Å². The van der Waals surface area contributed by atoms with E-state index in [4.69, 9.17) is 0 Å². The van der Waals surface area contributed by atoms with E-state index >= 15 is 0 Å². The van der Waals surface area contributed by atoms with Crippen molar-refractivity contribution in [2.24, 2.45) is 7.05 Å². The summed E-state index contributed by atoms with van der Waals surface area (Å²) < 4.78 is 19.6. The van der Waals surface area contributed by atoms with Crippen LogP contribution >= 0.6 is 9.39 Å². The van der Waals surface area contributed by atoms with Crippen LogP contribution < -0.4 is 15.3 Å². The molecule has 5 rings (SSSR count). The minimum Gasteiger partial charge on any atom is -0.353 e. The van der Waals surface area contributed by atoms with Gasteiger partial charge in [-0.3, -0.25) is 19.5 Å². The molecule has 4 heterocycles. The summed E-state index contributed by atoms with van der Waals surface area (Å²) in [7, 11) is 0.476. The van der Waals surface area contributed by atoms with Gasteiger partial charge in [-0.1, -0.05) is 24.4 Å². The number of halogens is 1. The van der Waals surface area contributed by atoms with Crippen molar-refractivity contribution < 1.29 is 4.39 Å². The molecule has 9 heteroatoms. The second-order valence-electron chi connectivity index (χ2n) is 9.63. The van der Waals surface area contributed by atoms with E-state index < -0.39 is 9.39 Å². The molecule has 0 fully saturated rings. The minimum absolute atomic E-state index is 0.319. The summed E-state index contributed by atoms with van der Waals surface area (Å²) in [6.07, 6.45) is 11.4. The average molecular weight is 528 g/mol. The monoisotopic (exact) mass is 527 g/mol. The Hall–Kier alpha value is -4.21. The quantitative estimate of drug-likeness (QED) is 0.278. The van der Waals surface area contributed by atoms with Crippen molar-refractivity contribution in [3.8, 4) is 22.6 Å². The number of nitrogens with zero attached hydrogens (tertiary/aromatic N) is 4. The predicted molar refractivity (Wildman–Crippen MR) is 160 cm³/mol. The first-order valence-electron chi connectivity index (χ1n) is 12.0. The van der Waals surface area contributed by atoms with Gasteiger partial charge < -0.3 is 4.98 Å². The minimum atomic E-state index is -1.42. The highest BCUT2D eigenvalue weighted by Crippen LogP contribution is 2.30. The number of aromatic amines is 2. The molecule has 3 N–H and O–H groups in total. The van der Waals surface area contributed by atoms with Crippen LogP contribution in [-0.4, -0.2) is 47.9 Å². The molecule has 0 bridgehead atoms. The van der Waals surface area contributed by atoms with Crippen LogP contribution in [0.15, 0.2) is 55.0 Å². The molecule has 0 aliphatic rings. The van der Waals surface area contributed by atoms with Gasteiger partial charge in [0.1, 0.15) is 11.5 Å². The van der Waals surface area contributed by atoms with Gasteiger partial charge in [-0.05, 0) is 60.7 Å². The van der Waals surface area contributed by atoms with Gasteiger partial charge >= 0.3 is 0 Å². The molecule has 0 atom stereocenters. The summed E-state index contributed by atoms with van der Waals surface area (Å²) in [6, 6.07) is 8.85. The lowest BCUT2D eigenvalue weighted by molar-refractivity contribution is 0.625. The molecule has 0 amide bonds. The Morgan fingerprint density at radius 3 is 2.76 bits per heavy atom. The Bertz CT molecular complexity index is 1910. The third kappa shape index (κ3) is 5.39. The Morgan fingerprint density at radius 2 is 2.03 bits per heavy atom. The Labute approximate surface area is 221 Å². The number of hydrogen-bond donors (Lipinski definition) is 3. The number of H-pyrrole nitrogens is 2. The number of fused-ring (bicyclic) bond motifs is 1. The summed E-state index contributed by atoms with van der Waals surface area (Å²) in [4.78, 5) is 8.01. The molecule has 4 aromatic heterocycles.